The van der Waals surface area contributed by atoms with Crippen LogP contribution in [0, 0.1) is 11.6 Å². The molecular formula is C23H22F2N2O4. The highest BCUT2D eigenvalue weighted by Gasteiger charge is 2.22. The summed E-state index contributed by atoms with van der Waals surface area (Å²) in [4.78, 5) is 18.7. The van der Waals surface area contributed by atoms with Gasteiger partial charge in [0.25, 0.3) is 0 Å². The van der Waals surface area contributed by atoms with Gasteiger partial charge in [-0.2, -0.15) is 0 Å². The fourth-order valence-corrected chi connectivity index (χ4v) is 3.17. The minimum atomic E-state index is -0.839. The first kappa shape index (κ1) is 22.0. The van der Waals surface area contributed by atoms with E-state index in [0.717, 1.165) is 12.1 Å². The van der Waals surface area contributed by atoms with Crippen molar-refractivity contribution in [3.63, 3.8) is 0 Å². The van der Waals surface area contributed by atoms with Crippen molar-refractivity contribution in [2.45, 2.75) is 13.0 Å². The van der Waals surface area contributed by atoms with Gasteiger partial charge >= 0.3 is 0 Å². The monoisotopic (exact) mass is 428 g/mol. The van der Waals surface area contributed by atoms with E-state index in [-0.39, 0.29) is 18.7 Å². The van der Waals surface area contributed by atoms with Crippen LogP contribution in [0.1, 0.15) is 11.3 Å². The summed E-state index contributed by atoms with van der Waals surface area (Å²) in [5.74, 6) is -0.783. The Morgan fingerprint density at radius 2 is 1.68 bits per heavy atom. The predicted molar refractivity (Wildman–Crippen MR) is 112 cm³/mol. The normalized spacial score (nSPS) is 10.5. The first-order valence-corrected chi connectivity index (χ1v) is 9.41. The van der Waals surface area contributed by atoms with Crippen LogP contribution >= 0.6 is 0 Å². The second-order valence-corrected chi connectivity index (χ2v) is 6.61. The standard InChI is InChI=1S/C23H22F2N2O4/c1-29-20-10-15(11-21(30-2)23(20)31-3)12-22(28)27(14-17-6-4-5-9-26-17)19-8-7-16(24)13-18(19)25/h4-11,13H,12,14H2,1-3H3. The molecule has 0 aliphatic carbocycles. The van der Waals surface area contributed by atoms with Crippen molar-refractivity contribution in [2.75, 3.05) is 26.2 Å². The van der Waals surface area contributed by atoms with Crippen molar-refractivity contribution in [3.8, 4) is 17.2 Å². The largest absolute Gasteiger partial charge is 0.493 e. The Kier molecular flexibility index (Phi) is 7.02. The van der Waals surface area contributed by atoms with Gasteiger partial charge in [-0.25, -0.2) is 8.78 Å². The molecular weight excluding hydrogens is 406 g/mol. The summed E-state index contributed by atoms with van der Waals surface area (Å²) in [5, 5.41) is 0. The third-order valence-corrected chi connectivity index (χ3v) is 4.63. The predicted octanol–water partition coefficient (Wildman–Crippen LogP) is 4.16. The molecule has 3 aromatic rings. The summed E-state index contributed by atoms with van der Waals surface area (Å²) >= 11 is 0. The highest BCUT2D eigenvalue weighted by Crippen LogP contribution is 2.38. The van der Waals surface area contributed by atoms with Gasteiger partial charge in [-0.3, -0.25) is 9.78 Å². The van der Waals surface area contributed by atoms with E-state index in [1.807, 2.05) is 0 Å². The highest BCUT2D eigenvalue weighted by molar-refractivity contribution is 5.95. The van der Waals surface area contributed by atoms with Gasteiger partial charge in [0.05, 0.1) is 45.7 Å². The molecule has 0 saturated carbocycles. The lowest BCUT2D eigenvalue weighted by Gasteiger charge is -2.23. The number of benzene rings is 2. The van der Waals surface area contributed by atoms with Crippen LogP contribution in [-0.4, -0.2) is 32.2 Å². The first-order chi connectivity index (χ1) is 15.0. The molecule has 0 aliphatic rings. The second kappa shape index (κ2) is 9.88. The average Bonchev–Trinajstić information content (AvgIpc) is 2.77. The van der Waals surface area contributed by atoms with E-state index >= 15 is 0 Å². The van der Waals surface area contributed by atoms with Gasteiger partial charge in [0.2, 0.25) is 11.7 Å². The van der Waals surface area contributed by atoms with E-state index in [0.29, 0.717) is 28.5 Å². The maximum absolute atomic E-state index is 14.5. The van der Waals surface area contributed by atoms with Crippen molar-refractivity contribution in [1.82, 2.24) is 4.98 Å². The fourth-order valence-electron chi connectivity index (χ4n) is 3.17. The van der Waals surface area contributed by atoms with Crippen LogP contribution in [0.15, 0.2) is 54.7 Å². The Labute approximate surface area is 179 Å². The van der Waals surface area contributed by atoms with Crippen LogP contribution in [0.4, 0.5) is 14.5 Å². The fraction of sp³-hybridized carbons (Fsp3) is 0.217. The molecule has 0 radical (unpaired) electrons. The van der Waals surface area contributed by atoms with Crippen LogP contribution < -0.4 is 19.1 Å². The number of aromatic nitrogens is 1. The number of carbonyl (C=O) groups is 1. The number of methoxy groups -OCH3 is 3. The number of halogens is 2. The summed E-state index contributed by atoms with van der Waals surface area (Å²) in [7, 11) is 4.44. The van der Waals surface area contributed by atoms with Gasteiger partial charge in [0, 0.05) is 12.3 Å². The van der Waals surface area contributed by atoms with Gasteiger partial charge in [-0.15, -0.1) is 0 Å². The quantitative estimate of drug-likeness (QED) is 0.539. The molecule has 2 aromatic carbocycles. The van der Waals surface area contributed by atoms with E-state index in [1.54, 1.807) is 36.5 Å². The maximum atomic E-state index is 14.5. The van der Waals surface area contributed by atoms with E-state index in [9.17, 15) is 13.6 Å². The molecule has 0 bridgehead atoms. The third-order valence-electron chi connectivity index (χ3n) is 4.63. The molecule has 0 saturated heterocycles. The smallest absolute Gasteiger partial charge is 0.231 e. The van der Waals surface area contributed by atoms with Crippen LogP contribution in [0.5, 0.6) is 17.2 Å². The van der Waals surface area contributed by atoms with Gasteiger partial charge in [-0.1, -0.05) is 6.07 Å². The molecule has 6 nitrogen and oxygen atoms in total. The van der Waals surface area contributed by atoms with Crippen molar-refractivity contribution in [1.29, 1.82) is 0 Å². The number of amides is 1. The molecule has 0 atom stereocenters. The van der Waals surface area contributed by atoms with Crippen LogP contribution in [-0.2, 0) is 17.8 Å². The average molecular weight is 428 g/mol. The Morgan fingerprint density at radius 1 is 0.968 bits per heavy atom. The van der Waals surface area contributed by atoms with Crippen molar-refractivity contribution >= 4 is 11.6 Å². The minimum absolute atomic E-state index is 0.0205. The number of hydrogen-bond donors (Lipinski definition) is 0. The maximum Gasteiger partial charge on any atom is 0.231 e. The Bertz CT molecular complexity index is 1040. The lowest BCUT2D eigenvalue weighted by Crippen LogP contribution is -2.33. The molecule has 0 spiro atoms. The zero-order chi connectivity index (χ0) is 22.4. The Hall–Kier alpha value is -3.68. The molecule has 0 aliphatic heterocycles. The summed E-state index contributed by atoms with van der Waals surface area (Å²) in [6.45, 7) is 0.0205. The van der Waals surface area contributed by atoms with Crippen LogP contribution in [0.25, 0.3) is 0 Å². The molecule has 1 heterocycles. The number of pyridine rings is 1. The molecule has 0 fully saturated rings. The third kappa shape index (κ3) is 5.09. The van der Waals surface area contributed by atoms with E-state index in [2.05, 4.69) is 4.98 Å². The molecule has 3 rings (SSSR count). The zero-order valence-electron chi connectivity index (χ0n) is 17.4. The summed E-state index contributed by atoms with van der Waals surface area (Å²) in [6.07, 6.45) is 1.50. The van der Waals surface area contributed by atoms with Crippen molar-refractivity contribution in [2.24, 2.45) is 0 Å². The van der Waals surface area contributed by atoms with E-state index in [1.165, 1.54) is 32.3 Å². The summed E-state index contributed by atoms with van der Waals surface area (Å²) < 4.78 is 43.9. The number of anilines is 1. The molecule has 162 valence electrons. The van der Waals surface area contributed by atoms with Gasteiger partial charge in [0.15, 0.2) is 11.5 Å². The summed E-state index contributed by atoms with van der Waals surface area (Å²) in [5.41, 5.74) is 1.10. The minimum Gasteiger partial charge on any atom is -0.493 e. The van der Waals surface area contributed by atoms with E-state index in [4.69, 9.17) is 14.2 Å². The Morgan fingerprint density at radius 3 is 2.23 bits per heavy atom. The second-order valence-electron chi connectivity index (χ2n) is 6.61. The summed E-state index contributed by atoms with van der Waals surface area (Å²) in [6, 6.07) is 11.6. The van der Waals surface area contributed by atoms with Gasteiger partial charge in [-0.05, 0) is 42.0 Å². The SMILES string of the molecule is COc1cc(CC(=O)N(Cc2ccccn2)c2ccc(F)cc2F)cc(OC)c1OC. The van der Waals surface area contributed by atoms with Gasteiger partial charge in [0.1, 0.15) is 11.6 Å². The number of hydrogen-bond acceptors (Lipinski definition) is 5. The van der Waals surface area contributed by atoms with Crippen molar-refractivity contribution in [3.05, 3.63) is 77.6 Å². The number of rotatable bonds is 8. The van der Waals surface area contributed by atoms with Gasteiger partial charge < -0.3 is 19.1 Å². The topological polar surface area (TPSA) is 60.9 Å². The number of carbonyl (C=O) groups excluding carboxylic acids is 1. The molecule has 1 aromatic heterocycles. The van der Waals surface area contributed by atoms with E-state index < -0.39 is 17.5 Å². The lowest BCUT2D eigenvalue weighted by molar-refractivity contribution is -0.118. The molecule has 0 unspecified atom stereocenters. The number of ether oxygens (including phenoxy) is 3. The number of nitrogens with zero attached hydrogens (tertiary/aromatic N) is 2. The zero-order valence-corrected chi connectivity index (χ0v) is 17.4. The first-order valence-electron chi connectivity index (χ1n) is 9.41. The Balaban J connectivity index is 1.97. The molecule has 0 N–H and O–H groups in total. The van der Waals surface area contributed by atoms with Crippen molar-refractivity contribution < 1.29 is 27.8 Å². The highest BCUT2D eigenvalue weighted by atomic mass is 19.1. The molecule has 31 heavy (non-hydrogen) atoms. The van der Waals surface area contributed by atoms with Crippen LogP contribution in [0.2, 0.25) is 0 Å². The molecule has 1 amide bonds. The lowest BCUT2D eigenvalue weighted by atomic mass is 10.1. The molecule has 8 heteroatoms. The van der Waals surface area contributed by atoms with Crippen LogP contribution in [0.3, 0.4) is 0 Å².